The van der Waals surface area contributed by atoms with Crippen molar-refractivity contribution in [3.8, 4) is 0 Å². The van der Waals surface area contributed by atoms with Gasteiger partial charge in [-0.25, -0.2) is 0 Å². The van der Waals surface area contributed by atoms with Gasteiger partial charge < -0.3 is 5.73 Å². The second kappa shape index (κ2) is 6.68. The van der Waals surface area contributed by atoms with E-state index in [2.05, 4.69) is 36.4 Å². The summed E-state index contributed by atoms with van der Waals surface area (Å²) in [5.74, 6) is 0. The summed E-state index contributed by atoms with van der Waals surface area (Å²) in [4.78, 5) is 5.01. The van der Waals surface area contributed by atoms with E-state index < -0.39 is 0 Å². The van der Waals surface area contributed by atoms with Gasteiger partial charge in [-0.1, -0.05) is 60.7 Å². The van der Waals surface area contributed by atoms with Crippen LogP contribution in [0.15, 0.2) is 65.7 Å². The Morgan fingerprint density at radius 1 is 0.762 bits per heavy atom. The normalized spacial score (nSPS) is 17.5. The first-order chi connectivity index (χ1) is 10.3. The molecule has 108 valence electrons. The maximum atomic E-state index is 6.54. The molecule has 0 amide bonds. The van der Waals surface area contributed by atoms with Crippen molar-refractivity contribution in [2.24, 2.45) is 10.7 Å². The van der Waals surface area contributed by atoms with Gasteiger partial charge in [0.2, 0.25) is 0 Å². The molecule has 0 radical (unpaired) electrons. The molecule has 0 spiro atoms. The highest BCUT2D eigenvalue weighted by atomic mass is 14.9. The van der Waals surface area contributed by atoms with Crippen LogP contribution in [0.1, 0.15) is 48.9 Å². The average Bonchev–Trinajstić information content (AvgIpc) is 3.07. The monoisotopic (exact) mass is 278 g/mol. The molecule has 0 saturated heterocycles. The van der Waals surface area contributed by atoms with E-state index in [1.165, 1.54) is 24.1 Å². The summed E-state index contributed by atoms with van der Waals surface area (Å²) in [7, 11) is 0. The lowest BCUT2D eigenvalue weighted by Crippen LogP contribution is -2.19. The summed E-state index contributed by atoms with van der Waals surface area (Å²) in [5, 5.41) is 0. The van der Waals surface area contributed by atoms with E-state index in [-0.39, 0.29) is 12.1 Å². The topological polar surface area (TPSA) is 38.4 Å². The summed E-state index contributed by atoms with van der Waals surface area (Å²) in [5.41, 5.74) is 10.2. The first-order valence-corrected chi connectivity index (χ1v) is 7.75. The van der Waals surface area contributed by atoms with Crippen LogP contribution in [0.3, 0.4) is 0 Å². The molecular formula is C19H22N2. The van der Waals surface area contributed by atoms with Crippen molar-refractivity contribution in [2.75, 3.05) is 0 Å². The molecule has 2 aromatic carbocycles. The summed E-state index contributed by atoms with van der Waals surface area (Å²) < 4.78 is 0. The van der Waals surface area contributed by atoms with Crippen LogP contribution in [-0.2, 0) is 0 Å². The molecule has 1 aliphatic carbocycles. The first kappa shape index (κ1) is 14.0. The smallest absolute Gasteiger partial charge is 0.0940 e. The van der Waals surface area contributed by atoms with Crippen molar-refractivity contribution in [1.29, 1.82) is 0 Å². The molecular weight excluding hydrogens is 256 g/mol. The fourth-order valence-electron chi connectivity index (χ4n) is 2.98. The van der Waals surface area contributed by atoms with E-state index in [4.69, 9.17) is 10.7 Å². The second-order valence-electron chi connectivity index (χ2n) is 5.69. The van der Waals surface area contributed by atoms with Gasteiger partial charge in [-0.3, -0.25) is 4.99 Å². The number of hydrogen-bond donors (Lipinski definition) is 1. The Kier molecular flexibility index (Phi) is 4.46. The van der Waals surface area contributed by atoms with Crippen molar-refractivity contribution in [2.45, 2.75) is 37.8 Å². The first-order valence-electron chi connectivity index (χ1n) is 7.75. The largest absolute Gasteiger partial charge is 0.322 e. The van der Waals surface area contributed by atoms with Gasteiger partial charge in [-0.15, -0.1) is 0 Å². The molecule has 21 heavy (non-hydrogen) atoms. The minimum absolute atomic E-state index is 0.0155. The van der Waals surface area contributed by atoms with E-state index in [9.17, 15) is 0 Å². The molecule has 1 aliphatic rings. The van der Waals surface area contributed by atoms with Crippen molar-refractivity contribution in [3.63, 3.8) is 0 Å². The Labute approximate surface area is 126 Å². The van der Waals surface area contributed by atoms with Gasteiger partial charge >= 0.3 is 0 Å². The molecule has 1 saturated carbocycles. The van der Waals surface area contributed by atoms with E-state index in [0.717, 1.165) is 18.4 Å². The highest BCUT2D eigenvalue weighted by molar-refractivity contribution is 5.86. The van der Waals surface area contributed by atoms with Crippen LogP contribution in [-0.4, -0.2) is 5.71 Å². The van der Waals surface area contributed by atoms with Crippen LogP contribution in [0, 0.1) is 0 Å². The van der Waals surface area contributed by atoms with Crippen LogP contribution in [0.2, 0.25) is 0 Å². The third-order valence-corrected chi connectivity index (χ3v) is 4.17. The van der Waals surface area contributed by atoms with Gasteiger partial charge in [-0.2, -0.15) is 0 Å². The van der Waals surface area contributed by atoms with Crippen molar-refractivity contribution in [1.82, 2.24) is 0 Å². The molecule has 1 fully saturated rings. The zero-order chi connectivity index (χ0) is 14.5. The SMILES string of the molecule is N[C@@H](c1ccccc1)[C@@H](N=C1CCCC1)c1ccccc1. The molecule has 2 heteroatoms. The lowest BCUT2D eigenvalue weighted by Gasteiger charge is -2.22. The van der Waals surface area contributed by atoms with Crippen molar-refractivity contribution >= 4 is 5.71 Å². The predicted octanol–water partition coefficient (Wildman–Crippen LogP) is 4.44. The lowest BCUT2D eigenvalue weighted by molar-refractivity contribution is 0.575. The zero-order valence-electron chi connectivity index (χ0n) is 12.3. The van der Waals surface area contributed by atoms with E-state index in [1.54, 1.807) is 0 Å². The highest BCUT2D eigenvalue weighted by Gasteiger charge is 2.22. The maximum Gasteiger partial charge on any atom is 0.0940 e. The molecule has 3 rings (SSSR count). The Hall–Kier alpha value is -1.93. The molecule has 0 aliphatic heterocycles. The third-order valence-electron chi connectivity index (χ3n) is 4.17. The van der Waals surface area contributed by atoms with E-state index >= 15 is 0 Å². The third kappa shape index (κ3) is 3.40. The fraction of sp³-hybridized carbons (Fsp3) is 0.316. The van der Waals surface area contributed by atoms with Gasteiger partial charge in [0, 0.05) is 5.71 Å². The number of nitrogens with zero attached hydrogens (tertiary/aromatic N) is 1. The Balaban J connectivity index is 1.94. The molecule has 0 bridgehead atoms. The van der Waals surface area contributed by atoms with Gasteiger partial charge in [-0.05, 0) is 36.8 Å². The van der Waals surface area contributed by atoms with Crippen LogP contribution in [0.5, 0.6) is 0 Å². The number of hydrogen-bond acceptors (Lipinski definition) is 2. The van der Waals surface area contributed by atoms with Gasteiger partial charge in [0.15, 0.2) is 0 Å². The lowest BCUT2D eigenvalue weighted by atomic mass is 9.94. The molecule has 0 heterocycles. The molecule has 2 atom stereocenters. The fourth-order valence-corrected chi connectivity index (χ4v) is 2.98. The second-order valence-corrected chi connectivity index (χ2v) is 5.69. The molecule has 0 unspecified atom stereocenters. The number of aliphatic imine (C=N–C) groups is 1. The summed E-state index contributed by atoms with van der Waals surface area (Å²) >= 11 is 0. The number of nitrogens with two attached hydrogens (primary N) is 1. The minimum atomic E-state index is -0.0956. The van der Waals surface area contributed by atoms with E-state index in [1.807, 2.05) is 24.3 Å². The average molecular weight is 278 g/mol. The Bertz CT molecular complexity index is 581. The van der Waals surface area contributed by atoms with Crippen molar-refractivity contribution < 1.29 is 0 Å². The highest BCUT2D eigenvalue weighted by Crippen LogP contribution is 2.32. The Morgan fingerprint density at radius 3 is 1.86 bits per heavy atom. The van der Waals surface area contributed by atoms with E-state index in [0.29, 0.717) is 0 Å². The Morgan fingerprint density at radius 2 is 1.29 bits per heavy atom. The van der Waals surface area contributed by atoms with Gasteiger partial charge in [0.25, 0.3) is 0 Å². The molecule has 2 N–H and O–H groups in total. The van der Waals surface area contributed by atoms with Crippen LogP contribution in [0.4, 0.5) is 0 Å². The molecule has 2 nitrogen and oxygen atoms in total. The zero-order valence-corrected chi connectivity index (χ0v) is 12.3. The van der Waals surface area contributed by atoms with Gasteiger partial charge in [0.05, 0.1) is 12.1 Å². The van der Waals surface area contributed by atoms with Gasteiger partial charge in [0.1, 0.15) is 0 Å². The summed E-state index contributed by atoms with van der Waals surface area (Å²) in [6, 6.07) is 20.6. The minimum Gasteiger partial charge on any atom is -0.322 e. The van der Waals surface area contributed by atoms with Crippen LogP contribution in [0.25, 0.3) is 0 Å². The summed E-state index contributed by atoms with van der Waals surface area (Å²) in [6.07, 6.45) is 4.79. The summed E-state index contributed by atoms with van der Waals surface area (Å²) in [6.45, 7) is 0. The maximum absolute atomic E-state index is 6.54. The predicted molar refractivity (Wildman–Crippen MR) is 88.5 cm³/mol. The van der Waals surface area contributed by atoms with Crippen molar-refractivity contribution in [3.05, 3.63) is 71.8 Å². The van der Waals surface area contributed by atoms with Crippen LogP contribution >= 0.6 is 0 Å². The molecule has 2 aromatic rings. The number of rotatable bonds is 4. The number of benzene rings is 2. The standard InChI is InChI=1S/C19H22N2/c20-18(15-9-3-1-4-10-15)19(16-11-5-2-6-12-16)21-17-13-7-8-14-17/h1-6,9-12,18-19H,7-8,13-14,20H2/t18-,19-/m0/s1. The van der Waals surface area contributed by atoms with Crippen LogP contribution < -0.4 is 5.73 Å². The molecule has 0 aromatic heterocycles. The quantitative estimate of drug-likeness (QED) is 0.882.